The number of rotatable bonds is 8. The van der Waals surface area contributed by atoms with Crippen LogP contribution in [0.4, 0.5) is 5.69 Å². The van der Waals surface area contributed by atoms with Gasteiger partial charge in [0, 0.05) is 19.0 Å². The third kappa shape index (κ3) is 7.24. The van der Waals surface area contributed by atoms with Gasteiger partial charge in [0.15, 0.2) is 6.29 Å². The molecule has 9 nitrogen and oxygen atoms in total. The molecule has 148 valence electrons. The molecule has 1 fully saturated rings. The first-order chi connectivity index (χ1) is 12.8. The highest BCUT2D eigenvalue weighted by Crippen LogP contribution is 2.24. The summed E-state index contributed by atoms with van der Waals surface area (Å²) in [5.41, 5.74) is 0.640. The molecule has 0 spiro atoms. The van der Waals surface area contributed by atoms with Crippen LogP contribution in [0.1, 0.15) is 32.6 Å². The van der Waals surface area contributed by atoms with Crippen LogP contribution in [-0.2, 0) is 23.9 Å². The molecule has 2 rings (SSSR count). The molecule has 1 unspecified atom stereocenters. The van der Waals surface area contributed by atoms with Crippen LogP contribution in [-0.4, -0.2) is 53.2 Å². The predicted molar refractivity (Wildman–Crippen MR) is 93.1 cm³/mol. The van der Waals surface area contributed by atoms with Crippen LogP contribution in [0.15, 0.2) is 24.3 Å². The van der Waals surface area contributed by atoms with E-state index in [0.717, 1.165) is 0 Å². The van der Waals surface area contributed by atoms with E-state index in [0.29, 0.717) is 24.3 Å². The lowest BCUT2D eigenvalue weighted by Crippen LogP contribution is -2.44. The second-order valence-electron chi connectivity index (χ2n) is 6.15. The van der Waals surface area contributed by atoms with Crippen molar-refractivity contribution in [3.63, 3.8) is 0 Å². The fourth-order valence-corrected chi connectivity index (χ4v) is 2.51. The highest BCUT2D eigenvalue weighted by molar-refractivity contribution is 5.88. The van der Waals surface area contributed by atoms with Gasteiger partial charge in [-0.1, -0.05) is 0 Å². The maximum atomic E-state index is 11.5. The van der Waals surface area contributed by atoms with Crippen LogP contribution < -0.4 is 10.1 Å². The van der Waals surface area contributed by atoms with Crippen LogP contribution in [0.5, 0.6) is 5.75 Å². The molecule has 1 amide bonds. The molecule has 1 heterocycles. The molecule has 3 atom stereocenters. The van der Waals surface area contributed by atoms with Gasteiger partial charge in [0.1, 0.15) is 18.5 Å². The standard InChI is InChI=1S/C18H23NO8/c1-11(20)19-12-2-4-13(5-3-12)26-18-9-6-14(21)15(27-18)10-25-17(24)8-7-16(22)23/h2-5,14-15,18,21H,6-10H2,1H3,(H,19,20)(H,22,23)/t14-,15?,18-/m0/s1. The van der Waals surface area contributed by atoms with E-state index in [1.165, 1.54) is 6.92 Å². The highest BCUT2D eigenvalue weighted by Gasteiger charge is 2.32. The Hall–Kier alpha value is -2.65. The van der Waals surface area contributed by atoms with E-state index in [4.69, 9.17) is 19.3 Å². The minimum absolute atomic E-state index is 0.172. The fourth-order valence-electron chi connectivity index (χ4n) is 2.51. The summed E-state index contributed by atoms with van der Waals surface area (Å²) in [5.74, 6) is -1.39. The van der Waals surface area contributed by atoms with Gasteiger partial charge in [0.05, 0.1) is 18.9 Å². The van der Waals surface area contributed by atoms with Gasteiger partial charge in [-0.05, 0) is 30.7 Å². The van der Waals surface area contributed by atoms with E-state index in [-0.39, 0.29) is 25.4 Å². The minimum Gasteiger partial charge on any atom is -0.481 e. The summed E-state index contributed by atoms with van der Waals surface area (Å²) in [6.07, 6.45) is -1.87. The second kappa shape index (κ2) is 9.89. The number of aliphatic hydroxyl groups is 1. The molecule has 27 heavy (non-hydrogen) atoms. The van der Waals surface area contributed by atoms with E-state index in [9.17, 15) is 19.5 Å². The quantitative estimate of drug-likeness (QED) is 0.574. The number of benzene rings is 1. The lowest BCUT2D eigenvalue weighted by atomic mass is 10.1. The molecule has 0 radical (unpaired) electrons. The summed E-state index contributed by atoms with van der Waals surface area (Å²) in [7, 11) is 0. The number of carbonyl (C=O) groups excluding carboxylic acids is 2. The average molecular weight is 381 g/mol. The number of esters is 1. The van der Waals surface area contributed by atoms with Gasteiger partial charge < -0.3 is 29.7 Å². The van der Waals surface area contributed by atoms with Crippen LogP contribution in [0.3, 0.4) is 0 Å². The molecular weight excluding hydrogens is 358 g/mol. The van der Waals surface area contributed by atoms with E-state index in [1.54, 1.807) is 24.3 Å². The SMILES string of the molecule is CC(=O)Nc1ccc(O[C@@H]2CC[C@H](O)C(COC(=O)CCC(=O)O)O2)cc1. The number of carboxylic acids is 1. The van der Waals surface area contributed by atoms with Gasteiger partial charge in [-0.15, -0.1) is 0 Å². The average Bonchev–Trinajstić information content (AvgIpc) is 2.61. The summed E-state index contributed by atoms with van der Waals surface area (Å²) in [5, 5.41) is 21.2. The van der Waals surface area contributed by atoms with Gasteiger partial charge >= 0.3 is 11.9 Å². The second-order valence-corrected chi connectivity index (χ2v) is 6.15. The number of carboxylic acid groups (broad SMARTS) is 1. The van der Waals surface area contributed by atoms with E-state index in [2.05, 4.69) is 5.32 Å². The largest absolute Gasteiger partial charge is 0.481 e. The molecule has 1 saturated heterocycles. The Morgan fingerprint density at radius 3 is 2.52 bits per heavy atom. The first-order valence-corrected chi connectivity index (χ1v) is 8.58. The normalized spacial score (nSPS) is 21.9. The van der Waals surface area contributed by atoms with Crippen molar-refractivity contribution >= 4 is 23.5 Å². The Morgan fingerprint density at radius 2 is 1.89 bits per heavy atom. The topological polar surface area (TPSA) is 131 Å². The van der Waals surface area contributed by atoms with E-state index < -0.39 is 30.4 Å². The van der Waals surface area contributed by atoms with Gasteiger partial charge in [-0.3, -0.25) is 14.4 Å². The van der Waals surface area contributed by atoms with Crippen LogP contribution in [0, 0.1) is 0 Å². The summed E-state index contributed by atoms with van der Waals surface area (Å²) >= 11 is 0. The number of hydrogen-bond acceptors (Lipinski definition) is 7. The van der Waals surface area contributed by atoms with E-state index in [1.807, 2.05) is 0 Å². The first-order valence-electron chi connectivity index (χ1n) is 8.58. The maximum absolute atomic E-state index is 11.5. The summed E-state index contributed by atoms with van der Waals surface area (Å²) in [6.45, 7) is 1.24. The van der Waals surface area contributed by atoms with Gasteiger partial charge in [0.2, 0.25) is 5.91 Å². The van der Waals surface area contributed by atoms with Crippen molar-refractivity contribution in [1.82, 2.24) is 0 Å². The van der Waals surface area contributed by atoms with Crippen LogP contribution in [0.25, 0.3) is 0 Å². The molecule has 1 aliphatic rings. The number of aliphatic carboxylic acids is 1. The summed E-state index contributed by atoms with van der Waals surface area (Å²) < 4.78 is 16.3. The lowest BCUT2D eigenvalue weighted by molar-refractivity contribution is -0.203. The summed E-state index contributed by atoms with van der Waals surface area (Å²) in [6, 6.07) is 6.74. The number of hydrogen-bond donors (Lipinski definition) is 3. The van der Waals surface area contributed by atoms with Crippen molar-refractivity contribution in [2.45, 2.75) is 51.1 Å². The molecule has 9 heteroatoms. The molecule has 0 bridgehead atoms. The van der Waals surface area contributed by atoms with Crippen molar-refractivity contribution in [1.29, 1.82) is 0 Å². The van der Waals surface area contributed by atoms with Crippen molar-refractivity contribution < 1.29 is 38.8 Å². The lowest BCUT2D eigenvalue weighted by Gasteiger charge is -2.33. The third-order valence-corrected chi connectivity index (χ3v) is 3.85. The number of ether oxygens (including phenoxy) is 3. The number of aliphatic hydroxyl groups excluding tert-OH is 1. The van der Waals surface area contributed by atoms with Gasteiger partial charge in [-0.2, -0.15) is 0 Å². The fraction of sp³-hybridized carbons (Fsp3) is 0.500. The van der Waals surface area contributed by atoms with Crippen molar-refractivity contribution in [2.24, 2.45) is 0 Å². The molecule has 1 aliphatic heterocycles. The Bertz CT molecular complexity index is 660. The third-order valence-electron chi connectivity index (χ3n) is 3.85. The van der Waals surface area contributed by atoms with E-state index >= 15 is 0 Å². The Morgan fingerprint density at radius 1 is 1.19 bits per heavy atom. The predicted octanol–water partition coefficient (Wildman–Crippen LogP) is 1.30. The number of nitrogens with one attached hydrogen (secondary N) is 1. The highest BCUT2D eigenvalue weighted by atomic mass is 16.7. The van der Waals surface area contributed by atoms with Crippen LogP contribution in [0.2, 0.25) is 0 Å². The molecule has 1 aromatic rings. The number of carbonyl (C=O) groups is 3. The number of amides is 1. The maximum Gasteiger partial charge on any atom is 0.306 e. The zero-order chi connectivity index (χ0) is 19.8. The number of anilines is 1. The zero-order valence-corrected chi connectivity index (χ0v) is 14.9. The van der Waals surface area contributed by atoms with Gasteiger partial charge in [-0.25, -0.2) is 0 Å². The van der Waals surface area contributed by atoms with Crippen molar-refractivity contribution in [2.75, 3.05) is 11.9 Å². The Labute approximate surface area is 156 Å². The molecule has 0 aromatic heterocycles. The Balaban J connectivity index is 1.82. The van der Waals surface area contributed by atoms with Crippen LogP contribution >= 0.6 is 0 Å². The van der Waals surface area contributed by atoms with Gasteiger partial charge in [0.25, 0.3) is 0 Å². The molecule has 0 aliphatic carbocycles. The molecule has 1 aromatic carbocycles. The molecular formula is C18H23NO8. The molecule has 3 N–H and O–H groups in total. The first kappa shape index (κ1) is 20.7. The monoisotopic (exact) mass is 381 g/mol. The Kier molecular flexibility index (Phi) is 7.56. The van der Waals surface area contributed by atoms with Crippen molar-refractivity contribution in [3.05, 3.63) is 24.3 Å². The zero-order valence-electron chi connectivity index (χ0n) is 14.9. The minimum atomic E-state index is -1.08. The smallest absolute Gasteiger partial charge is 0.306 e. The molecule has 0 saturated carbocycles. The summed E-state index contributed by atoms with van der Waals surface area (Å²) in [4.78, 5) is 33.0. The van der Waals surface area contributed by atoms with Crippen molar-refractivity contribution in [3.8, 4) is 5.75 Å².